The smallest absolute Gasteiger partial charge is 0.292 e. The van der Waals surface area contributed by atoms with E-state index < -0.39 is 38.4 Å². The molecule has 0 aliphatic heterocycles. The van der Waals surface area contributed by atoms with E-state index in [2.05, 4.69) is 4.28 Å². The Morgan fingerprint density at radius 3 is 1.94 bits per heavy atom. The molecule has 1 unspecified atom stereocenters. The van der Waals surface area contributed by atoms with Gasteiger partial charge >= 0.3 is 33.7 Å². The van der Waals surface area contributed by atoms with Gasteiger partial charge in [0.15, 0.2) is 0 Å². The maximum atomic E-state index is 11.8. The lowest BCUT2D eigenvalue weighted by Gasteiger charge is -2.05. The first-order chi connectivity index (χ1) is 7.21. The van der Waals surface area contributed by atoms with E-state index in [0.29, 0.717) is 0 Å². The molecule has 0 bridgehead atoms. The fraction of sp³-hybridized carbons (Fsp3) is 0.250. The van der Waals surface area contributed by atoms with Crippen molar-refractivity contribution >= 4 is 11.1 Å². The molecule has 0 radical (unpaired) electrons. The minimum absolute atomic E-state index is 0.509. The van der Waals surface area contributed by atoms with Gasteiger partial charge in [0.25, 0.3) is 0 Å². The second-order valence-electron chi connectivity index (χ2n) is 2.24. The molecule has 8 nitrogen and oxygen atoms in total. The van der Waals surface area contributed by atoms with Gasteiger partial charge in [-0.25, -0.2) is 18.6 Å². The molecule has 90 valence electrons. The van der Waals surface area contributed by atoms with E-state index in [1.165, 1.54) is 9.97 Å². The summed E-state index contributed by atoms with van der Waals surface area (Å²) in [5.41, 5.74) is -9.65. The first kappa shape index (κ1) is 12.2. The minimum atomic E-state index is -5.26. The van der Waals surface area contributed by atoms with Crippen LogP contribution in [0.2, 0.25) is 0 Å². The van der Waals surface area contributed by atoms with Crippen LogP contribution in [-0.2, 0) is 11.1 Å². The quantitative estimate of drug-likeness (QED) is 0.629. The van der Waals surface area contributed by atoms with Gasteiger partial charge in [0.1, 0.15) is 0 Å². The number of hydrogen-bond donors (Lipinski definition) is 2. The van der Waals surface area contributed by atoms with E-state index in [1.54, 1.807) is 0 Å². The molecule has 1 aromatic rings. The summed E-state index contributed by atoms with van der Waals surface area (Å²) in [6.45, 7) is 0. The Hall–Kier alpha value is -1.85. The molecule has 16 heavy (non-hydrogen) atoms. The molecule has 0 aliphatic carbocycles. The summed E-state index contributed by atoms with van der Waals surface area (Å²) in [6.07, 6.45) is 0. The number of nitrogens with zero attached hydrogens (tertiary/aromatic N) is 1. The predicted octanol–water partition coefficient (Wildman–Crippen LogP) is -2.16. The average molecular weight is 261 g/mol. The molecule has 1 heterocycles. The largest absolute Gasteiger partial charge is 0.510 e. The molecule has 0 aromatic carbocycles. The molecule has 1 rings (SSSR count). The van der Waals surface area contributed by atoms with E-state index in [9.17, 15) is 31.8 Å². The highest BCUT2D eigenvalue weighted by Crippen LogP contribution is 2.18. The van der Waals surface area contributed by atoms with E-state index in [-0.39, 0.29) is 0 Å². The van der Waals surface area contributed by atoms with Crippen LogP contribution in [0.15, 0.2) is 14.4 Å². The van der Waals surface area contributed by atoms with Crippen molar-refractivity contribution in [1.82, 2.24) is 14.7 Å². The molecular weight excluding hydrogens is 259 g/mol. The number of aromatic nitrogens is 3. The molecule has 0 fully saturated rings. The molecule has 0 spiro atoms. The van der Waals surface area contributed by atoms with Gasteiger partial charge in [0.05, 0.1) is 0 Å². The number of H-pyrrole nitrogens is 2. The number of nitrogens with one attached hydrogen (secondary N) is 2. The number of alkyl halides is 3. The van der Waals surface area contributed by atoms with Gasteiger partial charge in [-0.3, -0.25) is 14.3 Å². The summed E-state index contributed by atoms with van der Waals surface area (Å²) < 4.78 is 48.7. The maximum Gasteiger partial charge on any atom is 0.510 e. The lowest BCUT2D eigenvalue weighted by Crippen LogP contribution is -2.48. The SMILES string of the molecule is O=c1[nH]c(=O)n(OS(=O)C(F)(F)F)c(=O)[nH]1. The zero-order chi connectivity index (χ0) is 12.5. The highest BCUT2D eigenvalue weighted by molar-refractivity contribution is 7.81. The van der Waals surface area contributed by atoms with E-state index in [0.717, 1.165) is 0 Å². The average Bonchev–Trinajstić information content (AvgIpc) is 2.08. The van der Waals surface area contributed by atoms with Crippen LogP contribution >= 0.6 is 0 Å². The predicted molar refractivity (Wildman–Crippen MR) is 42.7 cm³/mol. The summed E-state index contributed by atoms with van der Waals surface area (Å²) in [6, 6.07) is 0. The Bertz CT molecular complexity index is 548. The van der Waals surface area contributed by atoms with Crippen molar-refractivity contribution < 1.29 is 21.7 Å². The maximum absolute atomic E-state index is 11.8. The summed E-state index contributed by atoms with van der Waals surface area (Å²) >= 11 is -3.89. The van der Waals surface area contributed by atoms with Crippen LogP contribution in [0.1, 0.15) is 0 Å². The van der Waals surface area contributed by atoms with Crippen molar-refractivity contribution in [2.24, 2.45) is 0 Å². The lowest BCUT2D eigenvalue weighted by atomic mass is 11.0. The van der Waals surface area contributed by atoms with Crippen LogP contribution in [0, 0.1) is 0 Å². The second-order valence-corrected chi connectivity index (χ2v) is 3.32. The van der Waals surface area contributed by atoms with Crippen molar-refractivity contribution in [3.63, 3.8) is 0 Å². The Morgan fingerprint density at radius 1 is 1.12 bits per heavy atom. The fourth-order valence-corrected chi connectivity index (χ4v) is 0.952. The topological polar surface area (TPSA) is 114 Å². The van der Waals surface area contributed by atoms with Crippen LogP contribution < -0.4 is 21.4 Å². The number of aromatic amines is 2. The first-order valence-electron chi connectivity index (χ1n) is 3.35. The van der Waals surface area contributed by atoms with Crippen molar-refractivity contribution in [2.75, 3.05) is 0 Å². The molecule has 12 heteroatoms. The van der Waals surface area contributed by atoms with Gasteiger partial charge < -0.3 is 0 Å². The molecule has 0 aliphatic rings. The number of rotatable bonds is 2. The second kappa shape index (κ2) is 3.96. The zero-order valence-electron chi connectivity index (χ0n) is 7.03. The van der Waals surface area contributed by atoms with Gasteiger partial charge in [0, 0.05) is 0 Å². The third-order valence-corrected chi connectivity index (χ3v) is 1.80. The Morgan fingerprint density at radius 2 is 1.56 bits per heavy atom. The lowest BCUT2D eigenvalue weighted by molar-refractivity contribution is -0.0482. The monoisotopic (exact) mass is 261 g/mol. The van der Waals surface area contributed by atoms with Gasteiger partial charge in [-0.1, -0.05) is 4.73 Å². The summed E-state index contributed by atoms with van der Waals surface area (Å²) in [7, 11) is 0. The Balaban J connectivity index is 3.19. The van der Waals surface area contributed by atoms with Crippen LogP contribution in [0.25, 0.3) is 0 Å². The summed E-state index contributed by atoms with van der Waals surface area (Å²) in [5.74, 6) is 0. The standard InChI is InChI=1S/C4H2F3N3O5S/c5-4(6,7)16(14)15-10-2(12)8-1(11)9-3(10)13/h(H2,8,9,11,12,13). The fourth-order valence-electron chi connectivity index (χ4n) is 0.597. The van der Waals surface area contributed by atoms with Gasteiger partial charge in [-0.05, 0) is 0 Å². The van der Waals surface area contributed by atoms with Crippen molar-refractivity contribution in [2.45, 2.75) is 5.51 Å². The molecule has 0 amide bonds. The van der Waals surface area contributed by atoms with Crippen LogP contribution in [0.3, 0.4) is 0 Å². The molecule has 1 atom stereocenters. The Labute approximate surface area is 85.3 Å². The molecular formula is C4H2F3N3O5S. The number of hydrogen-bond acceptors (Lipinski definition) is 5. The van der Waals surface area contributed by atoms with Crippen molar-refractivity contribution in [3.05, 3.63) is 31.5 Å². The highest BCUT2D eigenvalue weighted by atomic mass is 32.2. The van der Waals surface area contributed by atoms with Crippen LogP contribution in [0.4, 0.5) is 13.2 Å². The third kappa shape index (κ3) is 2.59. The third-order valence-electron chi connectivity index (χ3n) is 1.14. The number of halogens is 3. The molecule has 2 N–H and O–H groups in total. The van der Waals surface area contributed by atoms with Gasteiger partial charge in [-0.2, -0.15) is 13.2 Å². The molecule has 0 saturated carbocycles. The van der Waals surface area contributed by atoms with Crippen molar-refractivity contribution in [1.29, 1.82) is 0 Å². The first-order valence-corrected chi connectivity index (χ1v) is 4.42. The van der Waals surface area contributed by atoms with Gasteiger partial charge in [0.2, 0.25) is 0 Å². The minimum Gasteiger partial charge on any atom is -0.292 e. The normalized spacial score (nSPS) is 13.4. The van der Waals surface area contributed by atoms with Crippen molar-refractivity contribution in [3.8, 4) is 0 Å². The zero-order valence-corrected chi connectivity index (χ0v) is 7.85. The van der Waals surface area contributed by atoms with E-state index in [1.807, 2.05) is 0 Å². The van der Waals surface area contributed by atoms with E-state index >= 15 is 0 Å². The van der Waals surface area contributed by atoms with Crippen LogP contribution in [0.5, 0.6) is 0 Å². The molecule has 0 saturated heterocycles. The van der Waals surface area contributed by atoms with Crippen LogP contribution in [-0.4, -0.2) is 24.4 Å². The van der Waals surface area contributed by atoms with Gasteiger partial charge in [-0.15, -0.1) is 0 Å². The Kier molecular flexibility index (Phi) is 3.02. The summed E-state index contributed by atoms with van der Waals surface area (Å²) in [5, 5.41) is 0. The summed E-state index contributed by atoms with van der Waals surface area (Å²) in [4.78, 5) is 34.8. The van der Waals surface area contributed by atoms with E-state index in [4.69, 9.17) is 0 Å². The molecule has 1 aromatic heterocycles. The highest BCUT2D eigenvalue weighted by Gasteiger charge is 2.41.